The molecule has 0 spiro atoms. The van der Waals surface area contributed by atoms with Crippen molar-refractivity contribution < 1.29 is 9.53 Å². The number of carbonyl (C=O) groups is 1. The molecule has 0 saturated carbocycles. The van der Waals surface area contributed by atoms with Crippen LogP contribution in [-0.2, 0) is 4.74 Å². The van der Waals surface area contributed by atoms with Gasteiger partial charge >= 0.3 is 6.09 Å². The highest BCUT2D eigenvalue weighted by molar-refractivity contribution is 8.06. The maximum Gasteiger partial charge on any atom is 0.411 e. The van der Waals surface area contributed by atoms with E-state index in [0.717, 1.165) is 11.4 Å². The van der Waals surface area contributed by atoms with Gasteiger partial charge in [-0.3, -0.25) is 5.32 Å². The molecule has 0 bridgehead atoms. The minimum atomic E-state index is -0.372. The summed E-state index contributed by atoms with van der Waals surface area (Å²) in [4.78, 5) is 11.2. The topological polar surface area (TPSA) is 38.3 Å². The monoisotopic (exact) mass is 209 g/mol. The lowest BCUT2D eigenvalue weighted by Crippen LogP contribution is -2.16. The second-order valence-corrected chi connectivity index (χ2v) is 4.38. The van der Waals surface area contributed by atoms with Crippen molar-refractivity contribution in [2.75, 3.05) is 17.7 Å². The van der Waals surface area contributed by atoms with Crippen LogP contribution in [0.1, 0.15) is 0 Å². The van der Waals surface area contributed by atoms with E-state index in [9.17, 15) is 4.79 Å². The van der Waals surface area contributed by atoms with Crippen LogP contribution in [0.15, 0.2) is 30.3 Å². The minimum Gasteiger partial charge on any atom is -0.448 e. The number of nitrogens with one attached hydrogen (secondary N) is 1. The van der Waals surface area contributed by atoms with Crippen molar-refractivity contribution in [3.8, 4) is 0 Å². The smallest absolute Gasteiger partial charge is 0.411 e. The summed E-state index contributed by atoms with van der Waals surface area (Å²) in [5, 5.41) is 3.18. The fourth-order valence-electron chi connectivity index (χ4n) is 1.01. The van der Waals surface area contributed by atoms with Crippen molar-refractivity contribution in [2.24, 2.45) is 0 Å². The van der Waals surface area contributed by atoms with Gasteiger partial charge in [-0.15, -0.1) is 0 Å². The van der Waals surface area contributed by atoms with E-state index in [1.807, 2.05) is 42.1 Å². The molecule has 1 amide bonds. The molecule has 1 atom stereocenters. The van der Waals surface area contributed by atoms with Gasteiger partial charge in [-0.25, -0.2) is 4.79 Å². The molecular formula is C10H11NO2S. The summed E-state index contributed by atoms with van der Waals surface area (Å²) in [6.07, 6.45) is -0.372. The van der Waals surface area contributed by atoms with Gasteiger partial charge in [-0.1, -0.05) is 18.2 Å². The third-order valence-electron chi connectivity index (χ3n) is 1.82. The van der Waals surface area contributed by atoms with E-state index >= 15 is 0 Å². The summed E-state index contributed by atoms with van der Waals surface area (Å²) in [5.41, 5.74) is 0.765. The van der Waals surface area contributed by atoms with Crippen molar-refractivity contribution in [3.05, 3.63) is 30.3 Å². The van der Waals surface area contributed by atoms with Crippen LogP contribution in [0.4, 0.5) is 10.5 Å². The van der Waals surface area contributed by atoms with Gasteiger partial charge in [0.2, 0.25) is 0 Å². The van der Waals surface area contributed by atoms with Crippen LogP contribution in [0.3, 0.4) is 0 Å². The average molecular weight is 209 g/mol. The molecule has 0 radical (unpaired) electrons. The van der Waals surface area contributed by atoms with E-state index in [1.54, 1.807) is 0 Å². The molecule has 1 N–H and O–H groups in total. The first-order valence-corrected chi connectivity index (χ1v) is 5.50. The third-order valence-corrected chi connectivity index (χ3v) is 2.76. The lowest BCUT2D eigenvalue weighted by atomic mass is 10.3. The number of hydrogen-bond acceptors (Lipinski definition) is 3. The Morgan fingerprint density at radius 2 is 2.21 bits per heavy atom. The maximum absolute atomic E-state index is 11.2. The number of amides is 1. The molecule has 0 aromatic heterocycles. The predicted molar refractivity (Wildman–Crippen MR) is 57.7 cm³/mol. The fraction of sp³-hybridized carbons (Fsp3) is 0.300. The number of ether oxygens (including phenoxy) is 1. The Bertz CT molecular complexity index is 311. The quantitative estimate of drug-likeness (QED) is 0.776. The third kappa shape index (κ3) is 2.96. The van der Waals surface area contributed by atoms with Gasteiger partial charge in [0.15, 0.2) is 0 Å². The lowest BCUT2D eigenvalue weighted by molar-refractivity contribution is 0.165. The normalized spacial score (nSPS) is 18.7. The van der Waals surface area contributed by atoms with E-state index in [0.29, 0.717) is 11.9 Å². The Balaban J connectivity index is 1.76. The summed E-state index contributed by atoms with van der Waals surface area (Å²) < 4.78 is 5.00. The van der Waals surface area contributed by atoms with Gasteiger partial charge < -0.3 is 4.74 Å². The fourth-order valence-corrected chi connectivity index (χ4v) is 1.40. The number of carbonyl (C=O) groups excluding carboxylic acids is 1. The van der Waals surface area contributed by atoms with E-state index in [4.69, 9.17) is 4.74 Å². The molecule has 3 nitrogen and oxygen atoms in total. The number of hydrogen-bond donors (Lipinski definition) is 1. The summed E-state index contributed by atoms with van der Waals surface area (Å²) in [7, 11) is 0. The van der Waals surface area contributed by atoms with E-state index in [1.165, 1.54) is 0 Å². The molecule has 4 heteroatoms. The number of benzene rings is 1. The zero-order chi connectivity index (χ0) is 9.80. The summed E-state index contributed by atoms with van der Waals surface area (Å²) in [6, 6.07) is 9.29. The van der Waals surface area contributed by atoms with Crippen molar-refractivity contribution in [1.82, 2.24) is 0 Å². The zero-order valence-electron chi connectivity index (χ0n) is 7.60. The molecule has 14 heavy (non-hydrogen) atoms. The Hall–Kier alpha value is -1.16. The molecular weight excluding hydrogens is 198 g/mol. The molecule has 1 heterocycles. The SMILES string of the molecule is O=C(Nc1ccccc1)OCC1CS1. The molecule has 1 aliphatic heterocycles. The highest BCUT2D eigenvalue weighted by Crippen LogP contribution is 2.29. The Morgan fingerprint density at radius 3 is 2.86 bits per heavy atom. The van der Waals surface area contributed by atoms with Gasteiger partial charge in [0, 0.05) is 16.7 Å². The molecule has 1 fully saturated rings. The van der Waals surface area contributed by atoms with Crippen LogP contribution in [0, 0.1) is 0 Å². The van der Waals surface area contributed by atoms with Crippen molar-refractivity contribution in [3.63, 3.8) is 0 Å². The van der Waals surface area contributed by atoms with Gasteiger partial charge in [-0.2, -0.15) is 11.8 Å². The molecule has 1 saturated heterocycles. The molecule has 0 aliphatic carbocycles. The van der Waals surface area contributed by atoms with Gasteiger partial charge in [0.25, 0.3) is 0 Å². The van der Waals surface area contributed by atoms with Gasteiger partial charge in [0.05, 0.1) is 0 Å². The van der Waals surface area contributed by atoms with E-state index in [2.05, 4.69) is 5.32 Å². The Labute approximate surface area is 86.8 Å². The second-order valence-electron chi connectivity index (χ2n) is 3.04. The Morgan fingerprint density at radius 1 is 1.50 bits per heavy atom. The van der Waals surface area contributed by atoms with Crippen LogP contribution in [-0.4, -0.2) is 23.7 Å². The molecule has 74 valence electrons. The highest BCUT2D eigenvalue weighted by atomic mass is 32.2. The molecule has 1 unspecified atom stereocenters. The first kappa shape index (κ1) is 9.40. The molecule has 1 aromatic rings. The van der Waals surface area contributed by atoms with Crippen molar-refractivity contribution in [2.45, 2.75) is 5.25 Å². The molecule has 1 aromatic carbocycles. The standard InChI is InChI=1S/C10H11NO2S/c12-10(13-6-9-7-14-9)11-8-4-2-1-3-5-8/h1-5,9H,6-7H2,(H,11,12). The van der Waals surface area contributed by atoms with E-state index < -0.39 is 0 Å². The van der Waals surface area contributed by atoms with Crippen LogP contribution in [0.25, 0.3) is 0 Å². The highest BCUT2D eigenvalue weighted by Gasteiger charge is 2.23. The van der Waals surface area contributed by atoms with Crippen LogP contribution < -0.4 is 5.32 Å². The van der Waals surface area contributed by atoms with Gasteiger partial charge in [0.1, 0.15) is 6.61 Å². The zero-order valence-corrected chi connectivity index (χ0v) is 8.42. The average Bonchev–Trinajstić information content (AvgIpc) is 3.00. The van der Waals surface area contributed by atoms with Crippen LogP contribution >= 0.6 is 11.8 Å². The summed E-state index contributed by atoms with van der Waals surface area (Å²) in [5.74, 6) is 1.11. The first-order chi connectivity index (χ1) is 6.84. The predicted octanol–water partition coefficient (Wildman–Crippen LogP) is 2.35. The minimum absolute atomic E-state index is 0.372. The van der Waals surface area contributed by atoms with Crippen LogP contribution in [0.2, 0.25) is 0 Å². The number of para-hydroxylation sites is 1. The van der Waals surface area contributed by atoms with Crippen molar-refractivity contribution >= 4 is 23.5 Å². The van der Waals surface area contributed by atoms with Gasteiger partial charge in [-0.05, 0) is 12.1 Å². The number of anilines is 1. The summed E-state index contributed by atoms with van der Waals surface area (Å²) in [6.45, 7) is 0.517. The Kier molecular flexibility index (Phi) is 2.93. The largest absolute Gasteiger partial charge is 0.448 e. The van der Waals surface area contributed by atoms with Crippen molar-refractivity contribution in [1.29, 1.82) is 0 Å². The van der Waals surface area contributed by atoms with Crippen LogP contribution in [0.5, 0.6) is 0 Å². The van der Waals surface area contributed by atoms with E-state index in [-0.39, 0.29) is 6.09 Å². The second kappa shape index (κ2) is 4.37. The maximum atomic E-state index is 11.2. The number of rotatable bonds is 3. The first-order valence-electron chi connectivity index (χ1n) is 4.45. The lowest BCUT2D eigenvalue weighted by Gasteiger charge is -2.05. The number of thioether (sulfide) groups is 1. The molecule has 2 rings (SSSR count). The summed E-state index contributed by atoms with van der Waals surface area (Å²) >= 11 is 1.81. The molecule has 1 aliphatic rings.